The normalized spacial score (nSPS) is 12.2. The molecule has 0 heterocycles. The Morgan fingerprint density at radius 3 is 2.00 bits per heavy atom. The van der Waals surface area contributed by atoms with Gasteiger partial charge in [0.1, 0.15) is 5.75 Å². The van der Waals surface area contributed by atoms with Gasteiger partial charge in [-0.25, -0.2) is 0 Å². The third-order valence-corrected chi connectivity index (χ3v) is 3.23. The van der Waals surface area contributed by atoms with Gasteiger partial charge in [0.2, 0.25) is 0 Å². The van der Waals surface area contributed by atoms with E-state index in [1.54, 1.807) is 14.1 Å². The summed E-state index contributed by atoms with van der Waals surface area (Å²) < 4.78 is 81.4. The second kappa shape index (κ2) is 6.26. The SMILES string of the molecule is CN(C)c1ccc(-c2ccccc2OC(F)(F)F)c(C(F)(F)F)c1. The Morgan fingerprint density at radius 1 is 0.833 bits per heavy atom. The van der Waals surface area contributed by atoms with Crippen molar-refractivity contribution in [3.63, 3.8) is 0 Å². The van der Waals surface area contributed by atoms with E-state index in [0.29, 0.717) is 0 Å². The summed E-state index contributed by atoms with van der Waals surface area (Å²) in [7, 11) is 3.13. The second-order valence-electron chi connectivity index (χ2n) is 5.17. The molecule has 2 aromatic rings. The lowest BCUT2D eigenvalue weighted by molar-refractivity contribution is -0.274. The average Bonchev–Trinajstić information content (AvgIpc) is 2.44. The highest BCUT2D eigenvalue weighted by Crippen LogP contribution is 2.42. The number of rotatable bonds is 3. The molecule has 130 valence electrons. The molecule has 0 aliphatic heterocycles. The van der Waals surface area contributed by atoms with Crippen molar-refractivity contribution < 1.29 is 31.1 Å². The first-order chi connectivity index (χ1) is 11.0. The Kier molecular flexibility index (Phi) is 4.68. The number of nitrogens with zero attached hydrogens (tertiary/aromatic N) is 1. The summed E-state index contributed by atoms with van der Waals surface area (Å²) in [6, 6.07) is 8.15. The lowest BCUT2D eigenvalue weighted by atomic mass is 9.97. The smallest absolute Gasteiger partial charge is 0.405 e. The van der Waals surface area contributed by atoms with E-state index in [1.165, 1.54) is 23.1 Å². The monoisotopic (exact) mass is 349 g/mol. The molecule has 0 atom stereocenters. The number of ether oxygens (including phenoxy) is 1. The molecule has 2 rings (SSSR count). The molecule has 0 aromatic heterocycles. The highest BCUT2D eigenvalue weighted by molar-refractivity contribution is 5.76. The zero-order valence-corrected chi connectivity index (χ0v) is 12.7. The van der Waals surface area contributed by atoms with Gasteiger partial charge in [0, 0.05) is 25.3 Å². The summed E-state index contributed by atoms with van der Waals surface area (Å²) in [5.41, 5.74) is -1.42. The molecule has 2 aromatic carbocycles. The number of halogens is 6. The maximum Gasteiger partial charge on any atom is 0.573 e. The Bertz CT molecular complexity index is 721. The number of anilines is 1. The Morgan fingerprint density at radius 2 is 1.46 bits per heavy atom. The summed E-state index contributed by atoms with van der Waals surface area (Å²) in [6.45, 7) is 0. The molecule has 0 saturated heterocycles. The van der Waals surface area contributed by atoms with Crippen LogP contribution in [-0.2, 0) is 6.18 Å². The number of para-hydroxylation sites is 1. The third-order valence-electron chi connectivity index (χ3n) is 3.23. The molecule has 8 heteroatoms. The lowest BCUT2D eigenvalue weighted by Crippen LogP contribution is -2.18. The van der Waals surface area contributed by atoms with Gasteiger partial charge in [0.25, 0.3) is 0 Å². The highest BCUT2D eigenvalue weighted by atomic mass is 19.4. The van der Waals surface area contributed by atoms with Crippen molar-refractivity contribution in [1.29, 1.82) is 0 Å². The Labute approximate surface area is 134 Å². The van der Waals surface area contributed by atoms with Crippen LogP contribution in [0.4, 0.5) is 32.0 Å². The standard InChI is InChI=1S/C16H13F6NO/c1-23(2)10-7-8-11(13(9-10)15(17,18)19)12-5-3-4-6-14(12)24-16(20,21)22/h3-9H,1-2H3. The van der Waals surface area contributed by atoms with Gasteiger partial charge < -0.3 is 9.64 Å². The summed E-state index contributed by atoms with van der Waals surface area (Å²) in [5, 5.41) is 0. The minimum absolute atomic E-state index is 0.278. The average molecular weight is 349 g/mol. The van der Waals surface area contributed by atoms with Crippen LogP contribution in [0.3, 0.4) is 0 Å². The van der Waals surface area contributed by atoms with Crippen LogP contribution in [0.1, 0.15) is 5.56 Å². The fourth-order valence-corrected chi connectivity index (χ4v) is 2.18. The fourth-order valence-electron chi connectivity index (χ4n) is 2.18. The fraction of sp³-hybridized carbons (Fsp3) is 0.250. The first-order valence-corrected chi connectivity index (χ1v) is 6.73. The van der Waals surface area contributed by atoms with Crippen molar-refractivity contribution in [2.24, 2.45) is 0 Å². The second-order valence-corrected chi connectivity index (χ2v) is 5.17. The molecule has 0 bridgehead atoms. The Balaban J connectivity index is 2.65. The minimum atomic E-state index is -5.00. The van der Waals surface area contributed by atoms with Gasteiger partial charge in [-0.3, -0.25) is 0 Å². The number of alkyl halides is 6. The molecule has 0 aliphatic carbocycles. The first kappa shape index (κ1) is 18.0. The van der Waals surface area contributed by atoms with Gasteiger partial charge in [-0.2, -0.15) is 13.2 Å². The van der Waals surface area contributed by atoms with Gasteiger partial charge in [0.15, 0.2) is 0 Å². The maximum absolute atomic E-state index is 13.4. The van der Waals surface area contributed by atoms with Gasteiger partial charge >= 0.3 is 12.5 Å². The van der Waals surface area contributed by atoms with Gasteiger partial charge in [0.05, 0.1) is 5.56 Å². The molecule has 0 radical (unpaired) electrons. The van der Waals surface area contributed by atoms with Crippen molar-refractivity contribution in [2.45, 2.75) is 12.5 Å². The van der Waals surface area contributed by atoms with Crippen LogP contribution < -0.4 is 9.64 Å². The third kappa shape index (κ3) is 4.12. The van der Waals surface area contributed by atoms with E-state index >= 15 is 0 Å². The topological polar surface area (TPSA) is 12.5 Å². The molecular weight excluding hydrogens is 336 g/mol. The van der Waals surface area contributed by atoms with Crippen LogP contribution in [0, 0.1) is 0 Å². The first-order valence-electron chi connectivity index (χ1n) is 6.73. The predicted molar refractivity (Wildman–Crippen MR) is 77.9 cm³/mol. The van der Waals surface area contributed by atoms with Crippen LogP contribution in [0.5, 0.6) is 5.75 Å². The van der Waals surface area contributed by atoms with E-state index < -0.39 is 23.9 Å². The summed E-state index contributed by atoms with van der Waals surface area (Å²) in [6.07, 6.45) is -9.73. The molecule has 0 amide bonds. The van der Waals surface area contributed by atoms with Crippen molar-refractivity contribution in [3.05, 3.63) is 48.0 Å². The Hall–Kier alpha value is -2.38. The van der Waals surface area contributed by atoms with Crippen molar-refractivity contribution in [2.75, 3.05) is 19.0 Å². The number of hydrogen-bond donors (Lipinski definition) is 0. The van der Waals surface area contributed by atoms with E-state index in [4.69, 9.17) is 0 Å². The van der Waals surface area contributed by atoms with E-state index in [2.05, 4.69) is 4.74 Å². The molecule has 0 N–H and O–H groups in total. The van der Waals surface area contributed by atoms with Crippen molar-refractivity contribution >= 4 is 5.69 Å². The molecule has 0 fully saturated rings. The maximum atomic E-state index is 13.4. The summed E-state index contributed by atoms with van der Waals surface area (Å²) in [4.78, 5) is 1.47. The van der Waals surface area contributed by atoms with E-state index in [0.717, 1.165) is 24.3 Å². The van der Waals surface area contributed by atoms with E-state index in [9.17, 15) is 26.3 Å². The molecule has 0 spiro atoms. The zero-order valence-electron chi connectivity index (χ0n) is 12.7. The summed E-state index contributed by atoms with van der Waals surface area (Å²) >= 11 is 0. The van der Waals surface area contributed by atoms with Crippen molar-refractivity contribution in [3.8, 4) is 16.9 Å². The summed E-state index contributed by atoms with van der Waals surface area (Å²) in [5.74, 6) is -0.687. The molecule has 24 heavy (non-hydrogen) atoms. The highest BCUT2D eigenvalue weighted by Gasteiger charge is 2.36. The van der Waals surface area contributed by atoms with Crippen LogP contribution in [0.25, 0.3) is 11.1 Å². The quantitative estimate of drug-likeness (QED) is 0.694. The van der Waals surface area contributed by atoms with Crippen molar-refractivity contribution in [1.82, 2.24) is 0 Å². The zero-order chi connectivity index (χ0) is 18.1. The number of benzene rings is 2. The molecule has 0 saturated carbocycles. The van der Waals surface area contributed by atoms with Gasteiger partial charge in [-0.15, -0.1) is 13.2 Å². The van der Waals surface area contributed by atoms with Crippen LogP contribution in [0.15, 0.2) is 42.5 Å². The van der Waals surface area contributed by atoms with Crippen LogP contribution in [-0.4, -0.2) is 20.5 Å². The minimum Gasteiger partial charge on any atom is -0.405 e. The lowest BCUT2D eigenvalue weighted by Gasteiger charge is -2.20. The molecule has 0 unspecified atom stereocenters. The molecular formula is C16H13F6NO. The predicted octanol–water partition coefficient (Wildman–Crippen LogP) is 5.34. The number of hydrogen-bond acceptors (Lipinski definition) is 2. The van der Waals surface area contributed by atoms with Gasteiger partial charge in [-0.1, -0.05) is 24.3 Å². The largest absolute Gasteiger partial charge is 0.573 e. The van der Waals surface area contributed by atoms with E-state index in [1.807, 2.05) is 0 Å². The van der Waals surface area contributed by atoms with Crippen LogP contribution >= 0.6 is 0 Å². The molecule has 0 aliphatic rings. The van der Waals surface area contributed by atoms with Crippen LogP contribution in [0.2, 0.25) is 0 Å². The van der Waals surface area contributed by atoms with E-state index in [-0.39, 0.29) is 16.8 Å². The molecule has 2 nitrogen and oxygen atoms in total. The van der Waals surface area contributed by atoms with Gasteiger partial charge in [-0.05, 0) is 23.8 Å².